The van der Waals surface area contributed by atoms with Crippen LogP contribution in [0.15, 0.2) is 42.0 Å². The molecule has 0 radical (unpaired) electrons. The maximum atomic E-state index is 12.3. The fraction of sp³-hybridized carbons (Fsp3) is 0.312. The number of piperidine rings is 1. The van der Waals surface area contributed by atoms with Crippen LogP contribution in [0.2, 0.25) is 0 Å². The predicted molar refractivity (Wildman–Crippen MR) is 93.5 cm³/mol. The second kappa shape index (κ2) is 6.19. The first-order valence-electron chi connectivity index (χ1n) is 7.84. The molecular weight excluding hydrogens is 346 g/mol. The van der Waals surface area contributed by atoms with Crippen molar-refractivity contribution in [2.24, 2.45) is 0 Å². The number of imidazole rings is 1. The van der Waals surface area contributed by atoms with Gasteiger partial charge in [0.2, 0.25) is 0 Å². The lowest BCUT2D eigenvalue weighted by Crippen LogP contribution is -2.38. The van der Waals surface area contributed by atoms with Crippen molar-refractivity contribution in [1.29, 1.82) is 0 Å². The van der Waals surface area contributed by atoms with Gasteiger partial charge >= 0.3 is 10.3 Å². The molecule has 4 rings (SSSR count). The Morgan fingerprint density at radius 3 is 2.54 bits per heavy atom. The van der Waals surface area contributed by atoms with Crippen LogP contribution in [0.25, 0.3) is 16.2 Å². The summed E-state index contributed by atoms with van der Waals surface area (Å²) in [6.07, 6.45) is 6.76. The molecule has 0 N–H and O–H groups in total. The Hall–Kier alpha value is -1.90. The van der Waals surface area contributed by atoms with Crippen molar-refractivity contribution in [2.75, 3.05) is 13.1 Å². The van der Waals surface area contributed by atoms with Gasteiger partial charge in [-0.05, 0) is 37.1 Å². The SMILES string of the molecule is O=S(=O)(Oc1ccc(-c2cn3ccsc3n2)cc1)N1CCCCC1. The molecule has 0 aliphatic carbocycles. The van der Waals surface area contributed by atoms with Crippen LogP contribution < -0.4 is 4.18 Å². The van der Waals surface area contributed by atoms with E-state index in [2.05, 4.69) is 4.98 Å². The molecule has 2 aromatic heterocycles. The van der Waals surface area contributed by atoms with Gasteiger partial charge in [0.15, 0.2) is 4.96 Å². The number of rotatable bonds is 4. The van der Waals surface area contributed by atoms with Crippen molar-refractivity contribution in [3.8, 4) is 17.0 Å². The summed E-state index contributed by atoms with van der Waals surface area (Å²) in [5, 5.41) is 1.98. The van der Waals surface area contributed by atoms with Gasteiger partial charge in [-0.1, -0.05) is 6.42 Å². The summed E-state index contributed by atoms with van der Waals surface area (Å²) in [5.74, 6) is 0.324. The maximum Gasteiger partial charge on any atom is 0.385 e. The molecule has 0 bridgehead atoms. The largest absolute Gasteiger partial charge is 0.385 e. The van der Waals surface area contributed by atoms with Crippen LogP contribution in [-0.4, -0.2) is 35.2 Å². The van der Waals surface area contributed by atoms with Crippen molar-refractivity contribution >= 4 is 26.6 Å². The first-order valence-corrected chi connectivity index (χ1v) is 10.1. The van der Waals surface area contributed by atoms with Crippen LogP contribution in [0, 0.1) is 0 Å². The Morgan fingerprint density at radius 2 is 1.83 bits per heavy atom. The number of aromatic nitrogens is 2. The zero-order valence-electron chi connectivity index (χ0n) is 13.0. The van der Waals surface area contributed by atoms with Gasteiger partial charge in [-0.2, -0.15) is 12.7 Å². The average molecular weight is 363 g/mol. The van der Waals surface area contributed by atoms with Crippen LogP contribution in [0.3, 0.4) is 0 Å². The highest BCUT2D eigenvalue weighted by molar-refractivity contribution is 7.84. The topological polar surface area (TPSA) is 63.9 Å². The van der Waals surface area contributed by atoms with Gasteiger partial charge in [0.1, 0.15) is 5.75 Å². The number of thiazole rings is 1. The highest BCUT2D eigenvalue weighted by Crippen LogP contribution is 2.25. The van der Waals surface area contributed by atoms with Crippen molar-refractivity contribution in [3.05, 3.63) is 42.0 Å². The summed E-state index contributed by atoms with van der Waals surface area (Å²) in [4.78, 5) is 5.46. The number of hydrogen-bond donors (Lipinski definition) is 0. The normalized spacial score (nSPS) is 16.5. The third-order valence-corrected chi connectivity index (χ3v) is 6.25. The molecule has 1 aromatic carbocycles. The number of benzene rings is 1. The van der Waals surface area contributed by atoms with Crippen molar-refractivity contribution in [1.82, 2.24) is 13.7 Å². The smallest absolute Gasteiger partial charge is 0.371 e. The molecule has 0 saturated carbocycles. The molecule has 1 aliphatic rings. The minimum atomic E-state index is -3.71. The Bertz CT molecular complexity index is 910. The summed E-state index contributed by atoms with van der Waals surface area (Å²) in [6.45, 7) is 1.07. The summed E-state index contributed by atoms with van der Waals surface area (Å²) in [6, 6.07) is 7.00. The van der Waals surface area contributed by atoms with Gasteiger partial charge in [-0.25, -0.2) is 4.98 Å². The van der Waals surface area contributed by atoms with E-state index in [-0.39, 0.29) is 0 Å². The highest BCUT2D eigenvalue weighted by Gasteiger charge is 2.25. The third kappa shape index (κ3) is 3.04. The summed E-state index contributed by atoms with van der Waals surface area (Å²) in [7, 11) is -3.71. The first-order chi connectivity index (χ1) is 11.6. The first kappa shape index (κ1) is 15.6. The van der Waals surface area contributed by atoms with E-state index >= 15 is 0 Å². The molecule has 0 atom stereocenters. The lowest BCUT2D eigenvalue weighted by molar-refractivity contribution is 0.312. The van der Waals surface area contributed by atoms with Crippen LogP contribution in [0.1, 0.15) is 19.3 Å². The number of nitrogens with zero attached hydrogens (tertiary/aromatic N) is 3. The van der Waals surface area contributed by atoms with E-state index in [4.69, 9.17) is 4.18 Å². The molecule has 1 saturated heterocycles. The minimum absolute atomic E-state index is 0.324. The Kier molecular flexibility index (Phi) is 4.03. The molecule has 3 aromatic rings. The van der Waals surface area contributed by atoms with Crippen molar-refractivity contribution in [3.63, 3.8) is 0 Å². The molecule has 1 fully saturated rings. The second-order valence-electron chi connectivity index (χ2n) is 5.74. The highest BCUT2D eigenvalue weighted by atomic mass is 32.2. The van der Waals surface area contributed by atoms with Crippen molar-refractivity contribution in [2.45, 2.75) is 19.3 Å². The lowest BCUT2D eigenvalue weighted by Gasteiger charge is -2.25. The van der Waals surface area contributed by atoms with Crippen molar-refractivity contribution < 1.29 is 12.6 Å². The third-order valence-electron chi connectivity index (χ3n) is 4.08. The molecule has 3 heterocycles. The summed E-state index contributed by atoms with van der Waals surface area (Å²) < 4.78 is 33.2. The number of fused-ring (bicyclic) bond motifs is 1. The van der Waals surface area contributed by atoms with E-state index in [0.717, 1.165) is 35.5 Å². The van der Waals surface area contributed by atoms with E-state index in [1.807, 2.05) is 34.3 Å². The quantitative estimate of drug-likeness (QED) is 0.714. The Labute approximate surface area is 144 Å². The summed E-state index contributed by atoms with van der Waals surface area (Å²) >= 11 is 1.57. The van der Waals surface area contributed by atoms with Gasteiger partial charge in [0, 0.05) is 36.4 Å². The fourth-order valence-corrected chi connectivity index (χ4v) is 4.68. The monoisotopic (exact) mass is 363 g/mol. The van der Waals surface area contributed by atoms with Gasteiger partial charge in [0.05, 0.1) is 5.69 Å². The van der Waals surface area contributed by atoms with Gasteiger partial charge < -0.3 is 4.18 Å². The molecular formula is C16H17N3O3S2. The van der Waals surface area contributed by atoms with Crippen LogP contribution in [-0.2, 0) is 10.3 Å². The standard InChI is InChI=1S/C16H17N3O3S2/c20-24(21,19-8-2-1-3-9-19)22-14-6-4-13(5-7-14)15-12-18-10-11-23-16(18)17-15/h4-7,10-12H,1-3,8-9H2. The zero-order chi connectivity index (χ0) is 16.6. The summed E-state index contributed by atoms with van der Waals surface area (Å²) in [5.41, 5.74) is 1.78. The van der Waals surface area contributed by atoms with Crippen LogP contribution in [0.5, 0.6) is 5.75 Å². The molecule has 0 amide bonds. The van der Waals surface area contributed by atoms with Crippen LogP contribution in [0.4, 0.5) is 0 Å². The minimum Gasteiger partial charge on any atom is -0.371 e. The second-order valence-corrected chi connectivity index (χ2v) is 8.16. The molecule has 8 heteroatoms. The molecule has 0 spiro atoms. The lowest BCUT2D eigenvalue weighted by atomic mass is 10.2. The fourth-order valence-electron chi connectivity index (χ4n) is 2.81. The van der Waals surface area contributed by atoms with E-state index < -0.39 is 10.3 Å². The zero-order valence-corrected chi connectivity index (χ0v) is 14.6. The van der Waals surface area contributed by atoms with Gasteiger partial charge in [-0.3, -0.25) is 4.40 Å². The maximum absolute atomic E-state index is 12.3. The van der Waals surface area contributed by atoms with E-state index in [0.29, 0.717) is 18.8 Å². The average Bonchev–Trinajstić information content (AvgIpc) is 3.18. The molecule has 1 aliphatic heterocycles. The van der Waals surface area contributed by atoms with E-state index in [9.17, 15) is 8.42 Å². The van der Waals surface area contributed by atoms with Gasteiger partial charge in [0.25, 0.3) is 0 Å². The Morgan fingerprint density at radius 1 is 1.08 bits per heavy atom. The Balaban J connectivity index is 1.52. The van der Waals surface area contributed by atoms with E-state index in [1.54, 1.807) is 23.5 Å². The van der Waals surface area contributed by atoms with E-state index in [1.165, 1.54) is 4.31 Å². The molecule has 24 heavy (non-hydrogen) atoms. The van der Waals surface area contributed by atoms with Gasteiger partial charge in [-0.15, -0.1) is 11.3 Å². The molecule has 126 valence electrons. The van der Waals surface area contributed by atoms with Crippen LogP contribution >= 0.6 is 11.3 Å². The molecule has 0 unspecified atom stereocenters. The predicted octanol–water partition coefficient (Wildman–Crippen LogP) is 3.17. The number of hydrogen-bond acceptors (Lipinski definition) is 5. The molecule has 6 nitrogen and oxygen atoms in total.